The highest BCUT2D eigenvalue weighted by Crippen LogP contribution is 2.19. The second-order valence-electron chi connectivity index (χ2n) is 4.93. The molecule has 1 atom stereocenters. The van der Waals surface area contributed by atoms with Crippen molar-refractivity contribution in [3.63, 3.8) is 0 Å². The molecule has 3 nitrogen and oxygen atoms in total. The molecular weight excluding hydrogens is 292 g/mol. The maximum absolute atomic E-state index is 12.4. The molecule has 1 aromatic rings. The summed E-state index contributed by atoms with van der Waals surface area (Å²) in [6, 6.07) is 6.19. The Bertz CT molecular complexity index is 447. The van der Waals surface area contributed by atoms with E-state index in [4.69, 9.17) is 0 Å². The van der Waals surface area contributed by atoms with Crippen molar-refractivity contribution in [3.8, 4) is 0 Å². The largest absolute Gasteiger partial charge is 0.314 e. The molecule has 0 bridgehead atoms. The maximum Gasteiger partial charge on any atom is 0.164 e. The second-order valence-corrected chi connectivity index (χ2v) is 5.84. The van der Waals surface area contributed by atoms with Gasteiger partial charge in [0.05, 0.1) is 0 Å². The topological polar surface area (TPSA) is 32.3 Å². The number of piperazine rings is 1. The zero-order valence-electron chi connectivity index (χ0n) is 10.9. The van der Waals surface area contributed by atoms with Crippen LogP contribution < -0.4 is 5.32 Å². The van der Waals surface area contributed by atoms with Gasteiger partial charge in [0.25, 0.3) is 0 Å². The average molecular weight is 311 g/mol. The first kappa shape index (κ1) is 13.7. The number of nitrogens with zero attached hydrogens (tertiary/aromatic N) is 1. The lowest BCUT2D eigenvalue weighted by Gasteiger charge is -2.32. The molecule has 1 aliphatic heterocycles. The molecule has 0 aromatic heterocycles. The summed E-state index contributed by atoms with van der Waals surface area (Å²) in [5.74, 6) is 0.231. The Morgan fingerprint density at radius 1 is 1.56 bits per heavy atom. The molecule has 0 amide bonds. The number of aryl methyl sites for hydroxylation is 1. The molecule has 0 spiro atoms. The van der Waals surface area contributed by atoms with Crippen LogP contribution in [0.1, 0.15) is 22.3 Å². The number of hydrogen-bond donors (Lipinski definition) is 1. The van der Waals surface area contributed by atoms with E-state index in [9.17, 15) is 4.79 Å². The molecule has 0 aliphatic carbocycles. The van der Waals surface area contributed by atoms with Gasteiger partial charge in [0.15, 0.2) is 5.78 Å². The van der Waals surface area contributed by atoms with E-state index in [0.717, 1.165) is 35.2 Å². The van der Waals surface area contributed by atoms with E-state index in [-0.39, 0.29) is 5.78 Å². The van der Waals surface area contributed by atoms with Crippen molar-refractivity contribution >= 4 is 21.7 Å². The van der Waals surface area contributed by atoms with E-state index in [1.807, 2.05) is 25.1 Å². The number of hydrogen-bond acceptors (Lipinski definition) is 3. The minimum absolute atomic E-state index is 0.231. The number of rotatable bonds is 3. The highest BCUT2D eigenvalue weighted by molar-refractivity contribution is 9.10. The molecule has 98 valence electrons. The van der Waals surface area contributed by atoms with Crippen molar-refractivity contribution in [2.75, 3.05) is 26.7 Å². The van der Waals surface area contributed by atoms with Crippen LogP contribution in [-0.4, -0.2) is 43.4 Å². The summed E-state index contributed by atoms with van der Waals surface area (Å²) in [6.45, 7) is 4.91. The molecule has 1 heterocycles. The summed E-state index contributed by atoms with van der Waals surface area (Å²) in [5, 5.41) is 3.34. The fourth-order valence-electron chi connectivity index (χ4n) is 2.31. The molecule has 2 rings (SSSR count). The van der Waals surface area contributed by atoms with Gasteiger partial charge in [0.1, 0.15) is 0 Å². The first-order valence-electron chi connectivity index (χ1n) is 6.28. The molecule has 1 fully saturated rings. The molecule has 1 unspecified atom stereocenters. The molecule has 4 heteroatoms. The summed E-state index contributed by atoms with van der Waals surface area (Å²) in [6.07, 6.45) is 0.584. The summed E-state index contributed by atoms with van der Waals surface area (Å²) >= 11 is 3.43. The predicted molar refractivity (Wildman–Crippen MR) is 77.1 cm³/mol. The van der Waals surface area contributed by atoms with Crippen LogP contribution in [-0.2, 0) is 0 Å². The Morgan fingerprint density at radius 3 is 3.06 bits per heavy atom. The lowest BCUT2D eigenvalue weighted by molar-refractivity contribution is 0.0916. The molecular formula is C14H19BrN2O. The smallest absolute Gasteiger partial charge is 0.164 e. The summed E-state index contributed by atoms with van der Waals surface area (Å²) in [4.78, 5) is 14.6. The lowest BCUT2D eigenvalue weighted by Crippen LogP contribution is -2.50. The third kappa shape index (κ3) is 3.19. The number of nitrogens with one attached hydrogen (secondary N) is 1. The van der Waals surface area contributed by atoms with Gasteiger partial charge in [0, 0.05) is 42.1 Å². The monoisotopic (exact) mass is 310 g/mol. The molecule has 0 radical (unpaired) electrons. The van der Waals surface area contributed by atoms with E-state index in [2.05, 4.69) is 33.2 Å². The van der Waals surface area contributed by atoms with Crippen LogP contribution in [0.5, 0.6) is 0 Å². The Balaban J connectivity index is 2.09. The van der Waals surface area contributed by atoms with Crippen LogP contribution in [0.4, 0.5) is 0 Å². The summed E-state index contributed by atoms with van der Waals surface area (Å²) in [5.41, 5.74) is 1.89. The Morgan fingerprint density at radius 2 is 2.33 bits per heavy atom. The molecule has 1 saturated heterocycles. The van der Waals surface area contributed by atoms with Gasteiger partial charge in [-0.15, -0.1) is 0 Å². The molecule has 18 heavy (non-hydrogen) atoms. The Kier molecular flexibility index (Phi) is 4.54. The molecule has 1 N–H and O–H groups in total. The van der Waals surface area contributed by atoms with Crippen LogP contribution in [0.25, 0.3) is 0 Å². The van der Waals surface area contributed by atoms with Crippen molar-refractivity contribution in [2.24, 2.45) is 0 Å². The van der Waals surface area contributed by atoms with Crippen molar-refractivity contribution in [1.82, 2.24) is 10.2 Å². The quantitative estimate of drug-likeness (QED) is 0.869. The SMILES string of the molecule is Cc1ccc(Br)cc1C(=O)CC1CNCCN1C. The first-order valence-corrected chi connectivity index (χ1v) is 7.07. The van der Waals surface area contributed by atoms with Crippen molar-refractivity contribution in [1.29, 1.82) is 0 Å². The maximum atomic E-state index is 12.4. The van der Waals surface area contributed by atoms with Gasteiger partial charge in [-0.2, -0.15) is 0 Å². The average Bonchev–Trinajstić information content (AvgIpc) is 2.35. The Labute approximate surface area is 117 Å². The van der Waals surface area contributed by atoms with Gasteiger partial charge in [-0.05, 0) is 31.7 Å². The number of ketones is 1. The third-order valence-corrected chi connectivity index (χ3v) is 4.06. The highest BCUT2D eigenvalue weighted by Gasteiger charge is 2.22. The number of Topliss-reactive ketones (excluding diaryl/α,β-unsaturated/α-hetero) is 1. The predicted octanol–water partition coefficient (Wildman–Crippen LogP) is 2.23. The van der Waals surface area contributed by atoms with Crippen molar-refractivity contribution in [2.45, 2.75) is 19.4 Å². The van der Waals surface area contributed by atoms with Gasteiger partial charge in [0.2, 0.25) is 0 Å². The summed E-state index contributed by atoms with van der Waals surface area (Å²) < 4.78 is 0.964. The second kappa shape index (κ2) is 5.95. The normalized spacial score (nSPS) is 20.9. The first-order chi connectivity index (χ1) is 8.58. The van der Waals surface area contributed by atoms with Crippen LogP contribution in [0.15, 0.2) is 22.7 Å². The minimum atomic E-state index is 0.231. The van der Waals surface area contributed by atoms with Crippen LogP contribution in [0.2, 0.25) is 0 Å². The van der Waals surface area contributed by atoms with E-state index in [0.29, 0.717) is 12.5 Å². The lowest BCUT2D eigenvalue weighted by atomic mass is 9.98. The van der Waals surface area contributed by atoms with Gasteiger partial charge >= 0.3 is 0 Å². The van der Waals surface area contributed by atoms with E-state index < -0.39 is 0 Å². The van der Waals surface area contributed by atoms with Crippen molar-refractivity contribution < 1.29 is 4.79 Å². The van der Waals surface area contributed by atoms with Gasteiger partial charge in [-0.25, -0.2) is 0 Å². The molecule has 1 aromatic carbocycles. The molecule has 1 aliphatic rings. The van der Waals surface area contributed by atoms with Gasteiger partial charge in [-0.3, -0.25) is 4.79 Å². The highest BCUT2D eigenvalue weighted by atomic mass is 79.9. The van der Waals surface area contributed by atoms with Crippen LogP contribution in [0, 0.1) is 6.92 Å². The zero-order chi connectivity index (χ0) is 13.1. The van der Waals surface area contributed by atoms with E-state index in [1.54, 1.807) is 0 Å². The third-order valence-electron chi connectivity index (χ3n) is 3.57. The number of benzene rings is 1. The molecule has 0 saturated carbocycles. The number of carbonyl (C=O) groups is 1. The van der Waals surface area contributed by atoms with Crippen LogP contribution in [0.3, 0.4) is 0 Å². The number of halogens is 1. The number of carbonyl (C=O) groups excluding carboxylic acids is 1. The van der Waals surface area contributed by atoms with Crippen LogP contribution >= 0.6 is 15.9 Å². The van der Waals surface area contributed by atoms with Gasteiger partial charge < -0.3 is 10.2 Å². The zero-order valence-corrected chi connectivity index (χ0v) is 12.5. The van der Waals surface area contributed by atoms with E-state index >= 15 is 0 Å². The fraction of sp³-hybridized carbons (Fsp3) is 0.500. The standard InChI is InChI=1S/C14H19BrN2O/c1-10-3-4-11(15)7-13(10)14(18)8-12-9-16-5-6-17(12)2/h3-4,7,12,16H,5-6,8-9H2,1-2H3. The minimum Gasteiger partial charge on any atom is -0.314 e. The van der Waals surface area contributed by atoms with E-state index in [1.165, 1.54) is 0 Å². The van der Waals surface area contributed by atoms with Gasteiger partial charge in [-0.1, -0.05) is 22.0 Å². The fourth-order valence-corrected chi connectivity index (χ4v) is 2.67. The van der Waals surface area contributed by atoms with Crippen molar-refractivity contribution in [3.05, 3.63) is 33.8 Å². The number of likely N-dealkylation sites (N-methyl/N-ethyl adjacent to an activating group) is 1. The summed E-state index contributed by atoms with van der Waals surface area (Å²) in [7, 11) is 2.09. The Hall–Kier alpha value is -0.710.